The van der Waals surface area contributed by atoms with Crippen molar-refractivity contribution in [3.63, 3.8) is 0 Å². The lowest BCUT2D eigenvalue weighted by Crippen LogP contribution is -2.17. The number of methoxy groups -OCH3 is 1. The molecule has 0 atom stereocenters. The number of aryl methyl sites for hydroxylation is 1. The molecule has 18 heavy (non-hydrogen) atoms. The maximum atomic E-state index is 13.9. The van der Waals surface area contributed by atoms with Crippen molar-refractivity contribution < 1.29 is 23.4 Å². The number of carbonyl (C=O) groups is 1. The first-order valence-electron chi connectivity index (χ1n) is 5.67. The first-order valence-corrected chi connectivity index (χ1v) is 5.67. The largest absolute Gasteiger partial charge is 0.496 e. The molecule has 1 rings (SSSR count). The summed E-state index contributed by atoms with van der Waals surface area (Å²) in [6.45, 7) is 1.86. The van der Waals surface area contributed by atoms with Crippen molar-refractivity contribution >= 4 is 5.97 Å². The SMILES string of the molecule is CCc1ccc(OC)c(C(F)(F)CCC(=O)O)c1. The van der Waals surface area contributed by atoms with Gasteiger partial charge in [0.05, 0.1) is 19.1 Å². The van der Waals surface area contributed by atoms with E-state index < -0.39 is 24.7 Å². The quantitative estimate of drug-likeness (QED) is 0.852. The zero-order valence-electron chi connectivity index (χ0n) is 10.4. The predicted molar refractivity (Wildman–Crippen MR) is 63.1 cm³/mol. The average Bonchev–Trinajstić information content (AvgIpc) is 2.35. The molecule has 1 N–H and O–H groups in total. The van der Waals surface area contributed by atoms with Crippen molar-refractivity contribution in [1.82, 2.24) is 0 Å². The second kappa shape index (κ2) is 5.80. The molecular weight excluding hydrogens is 242 g/mol. The Bertz CT molecular complexity index is 430. The minimum atomic E-state index is -3.20. The molecule has 5 heteroatoms. The molecule has 0 radical (unpaired) electrons. The van der Waals surface area contributed by atoms with Crippen LogP contribution in [0.1, 0.15) is 30.9 Å². The first kappa shape index (κ1) is 14.4. The molecule has 0 heterocycles. The van der Waals surface area contributed by atoms with Gasteiger partial charge in [-0.1, -0.05) is 13.0 Å². The second-order valence-electron chi connectivity index (χ2n) is 3.99. The van der Waals surface area contributed by atoms with Crippen LogP contribution in [0.3, 0.4) is 0 Å². The molecule has 0 bridgehead atoms. The summed E-state index contributed by atoms with van der Waals surface area (Å²) in [4.78, 5) is 10.4. The van der Waals surface area contributed by atoms with Crippen molar-refractivity contribution in [2.45, 2.75) is 32.1 Å². The van der Waals surface area contributed by atoms with Crippen molar-refractivity contribution in [1.29, 1.82) is 0 Å². The number of ether oxygens (including phenoxy) is 1. The molecular formula is C13H16F2O3. The summed E-state index contributed by atoms with van der Waals surface area (Å²) < 4.78 is 32.8. The molecule has 0 aromatic heterocycles. The summed E-state index contributed by atoms with van der Waals surface area (Å²) in [6.07, 6.45) is -0.676. The van der Waals surface area contributed by atoms with E-state index in [0.717, 1.165) is 5.56 Å². The molecule has 100 valence electrons. The minimum Gasteiger partial charge on any atom is -0.496 e. The lowest BCUT2D eigenvalue weighted by atomic mass is 9.99. The van der Waals surface area contributed by atoms with Gasteiger partial charge in [-0.05, 0) is 24.1 Å². The van der Waals surface area contributed by atoms with Gasteiger partial charge in [0.15, 0.2) is 0 Å². The van der Waals surface area contributed by atoms with Crippen LogP contribution in [0.4, 0.5) is 8.78 Å². The normalized spacial score (nSPS) is 11.3. The summed E-state index contributed by atoms with van der Waals surface area (Å²) in [5.74, 6) is -4.35. The number of hydrogen-bond acceptors (Lipinski definition) is 2. The number of hydrogen-bond donors (Lipinski definition) is 1. The van der Waals surface area contributed by atoms with Crippen LogP contribution in [0.25, 0.3) is 0 Å². The Morgan fingerprint density at radius 3 is 2.61 bits per heavy atom. The fourth-order valence-electron chi connectivity index (χ4n) is 1.66. The van der Waals surface area contributed by atoms with Crippen molar-refractivity contribution in [3.8, 4) is 5.75 Å². The van der Waals surface area contributed by atoms with E-state index in [-0.39, 0.29) is 11.3 Å². The smallest absolute Gasteiger partial charge is 0.303 e. The molecule has 1 aromatic carbocycles. The zero-order valence-corrected chi connectivity index (χ0v) is 10.4. The zero-order chi connectivity index (χ0) is 13.8. The third kappa shape index (κ3) is 3.42. The van der Waals surface area contributed by atoms with Crippen LogP contribution in [-0.2, 0) is 17.1 Å². The van der Waals surface area contributed by atoms with Crippen LogP contribution in [0.2, 0.25) is 0 Å². The van der Waals surface area contributed by atoms with E-state index in [1.807, 2.05) is 6.92 Å². The number of benzene rings is 1. The van der Waals surface area contributed by atoms with Crippen LogP contribution in [0.5, 0.6) is 5.75 Å². The highest BCUT2D eigenvalue weighted by molar-refractivity contribution is 5.66. The summed E-state index contributed by atoms with van der Waals surface area (Å²) in [5, 5.41) is 8.49. The fraction of sp³-hybridized carbons (Fsp3) is 0.462. The van der Waals surface area contributed by atoms with Gasteiger partial charge in [0.2, 0.25) is 0 Å². The summed E-state index contributed by atoms with van der Waals surface area (Å²) in [6, 6.07) is 4.58. The van der Waals surface area contributed by atoms with Crippen LogP contribution in [-0.4, -0.2) is 18.2 Å². The van der Waals surface area contributed by atoms with Crippen molar-refractivity contribution in [2.75, 3.05) is 7.11 Å². The molecule has 0 unspecified atom stereocenters. The van der Waals surface area contributed by atoms with Gasteiger partial charge in [0.1, 0.15) is 5.75 Å². The third-order valence-corrected chi connectivity index (χ3v) is 2.72. The Kier molecular flexibility index (Phi) is 4.64. The maximum Gasteiger partial charge on any atom is 0.303 e. The van der Waals surface area contributed by atoms with Gasteiger partial charge < -0.3 is 9.84 Å². The Labute approximate surface area is 104 Å². The average molecular weight is 258 g/mol. The Balaban J connectivity index is 3.07. The van der Waals surface area contributed by atoms with Gasteiger partial charge in [-0.15, -0.1) is 0 Å². The topological polar surface area (TPSA) is 46.5 Å². The van der Waals surface area contributed by atoms with E-state index in [4.69, 9.17) is 9.84 Å². The van der Waals surface area contributed by atoms with Gasteiger partial charge in [-0.3, -0.25) is 4.79 Å². The van der Waals surface area contributed by atoms with E-state index in [9.17, 15) is 13.6 Å². The van der Waals surface area contributed by atoms with Crippen LogP contribution in [0.15, 0.2) is 18.2 Å². The molecule has 1 aromatic rings. The fourth-order valence-corrected chi connectivity index (χ4v) is 1.66. The molecule has 0 aliphatic heterocycles. The number of halogens is 2. The van der Waals surface area contributed by atoms with Crippen molar-refractivity contribution in [3.05, 3.63) is 29.3 Å². The van der Waals surface area contributed by atoms with E-state index in [2.05, 4.69) is 0 Å². The highest BCUT2D eigenvalue weighted by Gasteiger charge is 2.35. The number of carboxylic acid groups (broad SMARTS) is 1. The first-order chi connectivity index (χ1) is 8.40. The lowest BCUT2D eigenvalue weighted by molar-refractivity contribution is -0.139. The number of alkyl halides is 2. The van der Waals surface area contributed by atoms with Gasteiger partial charge in [-0.2, -0.15) is 0 Å². The Morgan fingerprint density at radius 1 is 1.44 bits per heavy atom. The summed E-state index contributed by atoms with van der Waals surface area (Å²) in [7, 11) is 1.32. The molecule has 3 nitrogen and oxygen atoms in total. The second-order valence-corrected chi connectivity index (χ2v) is 3.99. The standard InChI is InChI=1S/C13H16F2O3/c1-3-9-4-5-11(18-2)10(8-9)13(14,15)7-6-12(16)17/h4-5,8H,3,6-7H2,1-2H3,(H,16,17). The van der Waals surface area contributed by atoms with Crippen molar-refractivity contribution in [2.24, 2.45) is 0 Å². The Hall–Kier alpha value is -1.65. The molecule has 0 spiro atoms. The summed E-state index contributed by atoms with van der Waals surface area (Å²) >= 11 is 0. The summed E-state index contributed by atoms with van der Waals surface area (Å²) in [5.41, 5.74) is 0.520. The van der Waals surface area contributed by atoms with E-state index >= 15 is 0 Å². The van der Waals surface area contributed by atoms with E-state index in [1.165, 1.54) is 19.2 Å². The molecule has 0 saturated heterocycles. The van der Waals surface area contributed by atoms with E-state index in [0.29, 0.717) is 6.42 Å². The number of aliphatic carboxylic acids is 1. The number of rotatable bonds is 6. The molecule has 0 fully saturated rings. The molecule has 0 amide bonds. The highest BCUT2D eigenvalue weighted by Crippen LogP contribution is 2.39. The molecule has 0 aliphatic rings. The molecule has 0 saturated carbocycles. The lowest BCUT2D eigenvalue weighted by Gasteiger charge is -2.19. The van der Waals surface area contributed by atoms with Gasteiger partial charge in [0, 0.05) is 6.42 Å². The van der Waals surface area contributed by atoms with Crippen LogP contribution < -0.4 is 4.74 Å². The van der Waals surface area contributed by atoms with Crippen LogP contribution in [0, 0.1) is 0 Å². The van der Waals surface area contributed by atoms with E-state index in [1.54, 1.807) is 6.07 Å². The predicted octanol–water partition coefficient (Wildman–Crippen LogP) is 3.21. The number of carboxylic acids is 1. The maximum absolute atomic E-state index is 13.9. The minimum absolute atomic E-state index is 0.0857. The highest BCUT2D eigenvalue weighted by atomic mass is 19.3. The third-order valence-electron chi connectivity index (χ3n) is 2.72. The molecule has 0 aliphatic carbocycles. The van der Waals surface area contributed by atoms with Crippen LogP contribution >= 0.6 is 0 Å². The monoisotopic (exact) mass is 258 g/mol. The van der Waals surface area contributed by atoms with Gasteiger partial charge in [-0.25, -0.2) is 8.78 Å². The van der Waals surface area contributed by atoms with Gasteiger partial charge >= 0.3 is 5.97 Å². The Morgan fingerprint density at radius 2 is 2.11 bits per heavy atom. The van der Waals surface area contributed by atoms with Gasteiger partial charge in [0.25, 0.3) is 5.92 Å².